The number of carbonyl (C=O) groups is 1. The van der Waals surface area contributed by atoms with Crippen LogP contribution in [0.2, 0.25) is 0 Å². The van der Waals surface area contributed by atoms with E-state index in [0.29, 0.717) is 18.0 Å². The second-order valence-electron chi connectivity index (χ2n) is 8.05. The van der Waals surface area contributed by atoms with Gasteiger partial charge in [-0.15, -0.1) is 0 Å². The Hall–Kier alpha value is -2.54. The predicted octanol–water partition coefficient (Wildman–Crippen LogP) is 4.06. The maximum atomic E-state index is 12.9. The van der Waals surface area contributed by atoms with E-state index in [1.807, 2.05) is 4.90 Å². The molecule has 1 fully saturated rings. The summed E-state index contributed by atoms with van der Waals surface area (Å²) in [5.41, 5.74) is 4.90. The second-order valence-corrected chi connectivity index (χ2v) is 9.79. The SMILES string of the molecule is COc1cc(N(CCCc2ccc(C)c(C)c2)C(=O)C2CC2)ccc1NS(C)(=O)=O. The molecule has 0 bridgehead atoms. The zero-order valence-electron chi connectivity index (χ0n) is 18.1. The molecular formula is C23H30N2O4S. The molecule has 0 saturated heterocycles. The number of benzene rings is 2. The van der Waals surface area contributed by atoms with Gasteiger partial charge >= 0.3 is 0 Å². The number of hydrogen-bond donors (Lipinski definition) is 1. The van der Waals surface area contributed by atoms with Crippen LogP contribution >= 0.6 is 0 Å². The Morgan fingerprint density at radius 3 is 2.47 bits per heavy atom. The molecule has 6 nitrogen and oxygen atoms in total. The first-order chi connectivity index (χ1) is 14.2. The van der Waals surface area contributed by atoms with Gasteiger partial charge in [-0.1, -0.05) is 18.2 Å². The van der Waals surface area contributed by atoms with Crippen molar-refractivity contribution >= 4 is 27.3 Å². The average Bonchev–Trinajstić information content (AvgIpc) is 3.52. The fourth-order valence-corrected chi connectivity index (χ4v) is 4.02. The van der Waals surface area contributed by atoms with Crippen LogP contribution in [-0.2, 0) is 21.2 Å². The van der Waals surface area contributed by atoms with Crippen molar-refractivity contribution in [3.05, 3.63) is 53.1 Å². The number of methoxy groups -OCH3 is 1. The molecule has 2 aromatic rings. The van der Waals surface area contributed by atoms with E-state index >= 15 is 0 Å². The molecule has 1 aliphatic carbocycles. The molecule has 1 aliphatic rings. The van der Waals surface area contributed by atoms with Crippen LogP contribution in [0, 0.1) is 19.8 Å². The number of nitrogens with one attached hydrogen (secondary N) is 1. The predicted molar refractivity (Wildman–Crippen MR) is 121 cm³/mol. The van der Waals surface area contributed by atoms with E-state index in [2.05, 4.69) is 36.8 Å². The molecule has 0 aromatic heterocycles. The van der Waals surface area contributed by atoms with Crippen molar-refractivity contribution in [2.75, 3.05) is 29.5 Å². The van der Waals surface area contributed by atoms with Gasteiger partial charge in [-0.05, 0) is 68.4 Å². The van der Waals surface area contributed by atoms with Crippen molar-refractivity contribution in [3.63, 3.8) is 0 Å². The topological polar surface area (TPSA) is 75.7 Å². The van der Waals surface area contributed by atoms with E-state index in [-0.39, 0.29) is 11.8 Å². The minimum Gasteiger partial charge on any atom is -0.494 e. The minimum absolute atomic E-state index is 0.0893. The van der Waals surface area contributed by atoms with Crippen LogP contribution in [0.3, 0.4) is 0 Å². The third kappa shape index (κ3) is 5.75. The molecule has 30 heavy (non-hydrogen) atoms. The van der Waals surface area contributed by atoms with E-state index in [0.717, 1.165) is 37.6 Å². The highest BCUT2D eigenvalue weighted by Gasteiger charge is 2.34. The molecule has 1 amide bonds. The van der Waals surface area contributed by atoms with Crippen LogP contribution in [0.1, 0.15) is 36.0 Å². The molecule has 0 spiro atoms. The molecule has 7 heteroatoms. The van der Waals surface area contributed by atoms with E-state index < -0.39 is 10.0 Å². The summed E-state index contributed by atoms with van der Waals surface area (Å²) in [4.78, 5) is 14.7. The third-order valence-corrected chi connectivity index (χ3v) is 5.99. The van der Waals surface area contributed by atoms with Crippen molar-refractivity contribution in [3.8, 4) is 5.75 Å². The quantitative estimate of drug-likeness (QED) is 0.651. The van der Waals surface area contributed by atoms with E-state index in [1.54, 1.807) is 18.2 Å². The Bertz CT molecular complexity index is 1030. The Morgan fingerprint density at radius 1 is 1.13 bits per heavy atom. The van der Waals surface area contributed by atoms with Crippen LogP contribution < -0.4 is 14.4 Å². The Morgan fingerprint density at radius 2 is 1.87 bits per heavy atom. The van der Waals surface area contributed by atoms with Crippen LogP contribution in [0.5, 0.6) is 5.75 Å². The molecule has 0 unspecified atom stereocenters. The molecule has 162 valence electrons. The normalized spacial score (nSPS) is 13.7. The van der Waals surface area contributed by atoms with E-state index in [4.69, 9.17) is 4.74 Å². The first-order valence-electron chi connectivity index (χ1n) is 10.2. The number of rotatable bonds is 9. The lowest BCUT2D eigenvalue weighted by Crippen LogP contribution is -2.33. The molecule has 0 heterocycles. The van der Waals surface area contributed by atoms with Gasteiger partial charge in [-0.25, -0.2) is 8.42 Å². The lowest BCUT2D eigenvalue weighted by molar-refractivity contribution is -0.119. The molecule has 2 aromatic carbocycles. The lowest BCUT2D eigenvalue weighted by Gasteiger charge is -2.24. The summed E-state index contributed by atoms with van der Waals surface area (Å²) in [6, 6.07) is 11.6. The van der Waals surface area contributed by atoms with Gasteiger partial charge in [0.25, 0.3) is 0 Å². The highest BCUT2D eigenvalue weighted by Crippen LogP contribution is 2.36. The number of sulfonamides is 1. The number of nitrogens with zero attached hydrogens (tertiary/aromatic N) is 1. The summed E-state index contributed by atoms with van der Waals surface area (Å²) in [6.07, 6.45) is 4.68. The Labute approximate surface area is 179 Å². The number of anilines is 2. The summed E-state index contributed by atoms with van der Waals surface area (Å²) >= 11 is 0. The van der Waals surface area contributed by atoms with Crippen LogP contribution in [0.25, 0.3) is 0 Å². The van der Waals surface area contributed by atoms with Crippen molar-refractivity contribution in [1.29, 1.82) is 0 Å². The minimum atomic E-state index is -3.42. The number of ether oxygens (including phenoxy) is 1. The zero-order chi connectivity index (χ0) is 21.9. The maximum absolute atomic E-state index is 12.9. The van der Waals surface area contributed by atoms with Crippen LogP contribution in [0.15, 0.2) is 36.4 Å². The highest BCUT2D eigenvalue weighted by molar-refractivity contribution is 7.92. The number of carbonyl (C=O) groups excluding carboxylic acids is 1. The molecular weight excluding hydrogens is 400 g/mol. The first kappa shape index (κ1) is 22.2. The number of aryl methyl sites for hydroxylation is 3. The average molecular weight is 431 g/mol. The Kier molecular flexibility index (Phi) is 6.71. The van der Waals surface area contributed by atoms with E-state index in [1.165, 1.54) is 23.8 Å². The number of amides is 1. The molecule has 1 N–H and O–H groups in total. The monoisotopic (exact) mass is 430 g/mol. The molecule has 0 aliphatic heterocycles. The summed E-state index contributed by atoms with van der Waals surface area (Å²) in [7, 11) is -1.94. The van der Waals surface area contributed by atoms with Gasteiger partial charge in [0.15, 0.2) is 0 Å². The second kappa shape index (κ2) is 9.08. The molecule has 1 saturated carbocycles. The summed E-state index contributed by atoms with van der Waals surface area (Å²) < 4.78 is 31.0. The summed E-state index contributed by atoms with van der Waals surface area (Å²) in [6.45, 7) is 4.81. The van der Waals surface area contributed by atoms with Gasteiger partial charge < -0.3 is 9.64 Å². The summed E-state index contributed by atoms with van der Waals surface area (Å²) in [5.74, 6) is 0.605. The van der Waals surface area contributed by atoms with Crippen molar-refractivity contribution in [2.24, 2.45) is 5.92 Å². The number of hydrogen-bond acceptors (Lipinski definition) is 4. The van der Waals surface area contributed by atoms with Crippen LogP contribution in [-0.4, -0.2) is 34.2 Å². The summed E-state index contributed by atoms with van der Waals surface area (Å²) in [5, 5.41) is 0. The fourth-order valence-electron chi connectivity index (χ4n) is 3.45. The van der Waals surface area contributed by atoms with Gasteiger partial charge in [0, 0.05) is 24.2 Å². The van der Waals surface area contributed by atoms with Crippen LogP contribution in [0.4, 0.5) is 11.4 Å². The van der Waals surface area contributed by atoms with Crippen molar-refractivity contribution < 1.29 is 17.9 Å². The molecule has 0 radical (unpaired) electrons. The standard InChI is InChI=1S/C23H30N2O4S/c1-16-7-8-18(14-17(16)2)6-5-13-25(23(26)19-9-10-19)20-11-12-21(22(15-20)29-3)24-30(4,27)28/h7-8,11-12,14-15,19,24H,5-6,9-10,13H2,1-4H3. The van der Waals surface area contributed by atoms with Gasteiger partial charge in [0.2, 0.25) is 15.9 Å². The van der Waals surface area contributed by atoms with Gasteiger partial charge in [-0.3, -0.25) is 9.52 Å². The van der Waals surface area contributed by atoms with E-state index in [9.17, 15) is 13.2 Å². The highest BCUT2D eigenvalue weighted by atomic mass is 32.2. The smallest absolute Gasteiger partial charge is 0.230 e. The van der Waals surface area contributed by atoms with Gasteiger partial charge in [0.05, 0.1) is 19.1 Å². The van der Waals surface area contributed by atoms with Crippen molar-refractivity contribution in [2.45, 2.75) is 39.5 Å². The molecule has 3 rings (SSSR count). The van der Waals surface area contributed by atoms with Crippen molar-refractivity contribution in [1.82, 2.24) is 0 Å². The van der Waals surface area contributed by atoms with Gasteiger partial charge in [-0.2, -0.15) is 0 Å². The fraction of sp³-hybridized carbons (Fsp3) is 0.435. The third-order valence-electron chi connectivity index (χ3n) is 5.40. The van der Waals surface area contributed by atoms with Gasteiger partial charge in [0.1, 0.15) is 5.75 Å². The first-order valence-corrected chi connectivity index (χ1v) is 12.1. The zero-order valence-corrected chi connectivity index (χ0v) is 18.9. The molecule has 0 atom stereocenters. The Balaban J connectivity index is 1.77. The lowest BCUT2D eigenvalue weighted by atomic mass is 10.0. The maximum Gasteiger partial charge on any atom is 0.230 e. The largest absolute Gasteiger partial charge is 0.494 e.